The lowest BCUT2D eigenvalue weighted by Gasteiger charge is -2.05. The summed E-state index contributed by atoms with van der Waals surface area (Å²) in [7, 11) is -3.96. The standard InChI is InChI=1S/C11H9FN4O3S2/c12-10-7-9(5-4-8(10)3-1-2-6-17)21(18,19)14-11-13-15-16-20-11/h4-5,7,17H,2,6H2,(H,13,14,16). The average molecular weight is 328 g/mol. The molecule has 0 saturated carbocycles. The van der Waals surface area contributed by atoms with Crippen molar-refractivity contribution in [2.24, 2.45) is 0 Å². The summed E-state index contributed by atoms with van der Waals surface area (Å²) < 4.78 is 43.3. The monoisotopic (exact) mass is 328 g/mol. The van der Waals surface area contributed by atoms with Gasteiger partial charge < -0.3 is 5.11 Å². The molecule has 1 aromatic heterocycles. The van der Waals surface area contributed by atoms with Crippen molar-refractivity contribution in [2.45, 2.75) is 11.3 Å². The highest BCUT2D eigenvalue weighted by Crippen LogP contribution is 2.18. The van der Waals surface area contributed by atoms with Crippen molar-refractivity contribution in [1.29, 1.82) is 0 Å². The van der Waals surface area contributed by atoms with E-state index in [1.54, 1.807) is 0 Å². The quantitative estimate of drug-likeness (QED) is 0.797. The summed E-state index contributed by atoms with van der Waals surface area (Å²) in [4.78, 5) is -0.261. The first-order chi connectivity index (χ1) is 10.0. The molecule has 1 aromatic carbocycles. The molecule has 2 rings (SSSR count). The van der Waals surface area contributed by atoms with Gasteiger partial charge in [-0.05, 0) is 23.4 Å². The summed E-state index contributed by atoms with van der Waals surface area (Å²) in [6.45, 7) is -0.124. The lowest BCUT2D eigenvalue weighted by molar-refractivity contribution is 0.305. The fraction of sp³-hybridized carbons (Fsp3) is 0.182. The van der Waals surface area contributed by atoms with Crippen LogP contribution >= 0.6 is 11.5 Å². The second-order valence-corrected chi connectivity index (χ2v) is 6.11. The molecule has 0 spiro atoms. The van der Waals surface area contributed by atoms with Gasteiger partial charge in [0.15, 0.2) is 0 Å². The van der Waals surface area contributed by atoms with E-state index in [4.69, 9.17) is 5.11 Å². The minimum atomic E-state index is -3.96. The summed E-state index contributed by atoms with van der Waals surface area (Å²) in [5, 5.41) is 15.3. The number of aromatic nitrogens is 3. The summed E-state index contributed by atoms with van der Waals surface area (Å²) >= 11 is 0.763. The number of hydrogen-bond acceptors (Lipinski definition) is 7. The first-order valence-corrected chi connectivity index (χ1v) is 7.86. The van der Waals surface area contributed by atoms with E-state index in [9.17, 15) is 12.8 Å². The number of aliphatic hydroxyl groups is 1. The van der Waals surface area contributed by atoms with Crippen LogP contribution < -0.4 is 4.72 Å². The average Bonchev–Trinajstić information content (AvgIpc) is 2.93. The fourth-order valence-corrected chi connectivity index (χ4v) is 2.92. The minimum Gasteiger partial charge on any atom is -0.395 e. The van der Waals surface area contributed by atoms with Crippen LogP contribution in [0.15, 0.2) is 23.1 Å². The van der Waals surface area contributed by atoms with Crippen molar-refractivity contribution in [1.82, 2.24) is 14.8 Å². The first kappa shape index (κ1) is 15.3. The van der Waals surface area contributed by atoms with Gasteiger partial charge in [0, 0.05) is 18.0 Å². The molecular weight excluding hydrogens is 319 g/mol. The van der Waals surface area contributed by atoms with Crippen molar-refractivity contribution in [2.75, 3.05) is 11.3 Å². The van der Waals surface area contributed by atoms with Gasteiger partial charge in [-0.15, -0.1) is 0 Å². The third-order valence-electron chi connectivity index (χ3n) is 2.23. The predicted octanol–water partition coefficient (Wildman–Crippen LogP) is 0.607. The van der Waals surface area contributed by atoms with Gasteiger partial charge in [-0.1, -0.05) is 21.4 Å². The fourth-order valence-electron chi connectivity index (χ4n) is 1.32. The second kappa shape index (κ2) is 6.57. The molecule has 0 aliphatic carbocycles. The van der Waals surface area contributed by atoms with E-state index in [2.05, 4.69) is 31.4 Å². The van der Waals surface area contributed by atoms with Crippen LogP contribution in [0.1, 0.15) is 12.0 Å². The summed E-state index contributed by atoms with van der Waals surface area (Å²) in [5.41, 5.74) is 0.0555. The molecular formula is C11H9FN4O3S2. The molecule has 2 aromatic rings. The van der Waals surface area contributed by atoms with Crippen LogP contribution in [0, 0.1) is 17.7 Å². The summed E-state index contributed by atoms with van der Waals surface area (Å²) in [6, 6.07) is 3.34. The van der Waals surface area contributed by atoms with E-state index in [-0.39, 0.29) is 28.6 Å². The minimum absolute atomic E-state index is 0.0118. The second-order valence-electron chi connectivity index (χ2n) is 3.69. The van der Waals surface area contributed by atoms with Crippen LogP contribution in [0.3, 0.4) is 0 Å². The molecule has 0 aliphatic rings. The number of hydrogen-bond donors (Lipinski definition) is 2. The predicted molar refractivity (Wildman–Crippen MR) is 73.5 cm³/mol. The van der Waals surface area contributed by atoms with Gasteiger partial charge in [0.1, 0.15) is 5.82 Å². The van der Waals surface area contributed by atoms with Gasteiger partial charge in [-0.25, -0.2) is 12.8 Å². The zero-order valence-electron chi connectivity index (χ0n) is 10.4. The first-order valence-electron chi connectivity index (χ1n) is 5.60. The maximum atomic E-state index is 13.8. The van der Waals surface area contributed by atoms with Crippen molar-refractivity contribution >= 4 is 26.7 Å². The normalized spacial score (nSPS) is 10.8. The van der Waals surface area contributed by atoms with Crippen molar-refractivity contribution in [3.63, 3.8) is 0 Å². The third-order valence-corrected chi connectivity index (χ3v) is 4.21. The SMILES string of the molecule is O=S(=O)(Nc1nnns1)c1ccc(C#CCCO)c(F)c1. The van der Waals surface area contributed by atoms with Crippen molar-refractivity contribution < 1.29 is 17.9 Å². The van der Waals surface area contributed by atoms with Crippen LogP contribution in [-0.2, 0) is 10.0 Å². The van der Waals surface area contributed by atoms with Gasteiger partial charge in [0.2, 0.25) is 5.13 Å². The van der Waals surface area contributed by atoms with E-state index >= 15 is 0 Å². The number of nitrogens with zero attached hydrogens (tertiary/aromatic N) is 3. The number of sulfonamides is 1. The Morgan fingerprint density at radius 3 is 2.86 bits per heavy atom. The summed E-state index contributed by atoms with van der Waals surface area (Å²) in [5.74, 6) is 4.30. The van der Waals surface area contributed by atoms with Gasteiger partial charge in [0.05, 0.1) is 17.1 Å². The van der Waals surface area contributed by atoms with E-state index in [0.29, 0.717) is 0 Å². The van der Waals surface area contributed by atoms with Crippen LogP contribution in [-0.4, -0.2) is 34.9 Å². The maximum absolute atomic E-state index is 13.8. The van der Waals surface area contributed by atoms with Gasteiger partial charge in [-0.3, -0.25) is 4.72 Å². The molecule has 1 heterocycles. The number of aliphatic hydroxyl groups excluding tert-OH is 1. The Morgan fingerprint density at radius 2 is 2.24 bits per heavy atom. The number of halogens is 1. The van der Waals surface area contributed by atoms with Crippen LogP contribution in [0.25, 0.3) is 0 Å². The van der Waals surface area contributed by atoms with E-state index in [1.807, 2.05) is 0 Å². The Hall–Kier alpha value is -2.09. The van der Waals surface area contributed by atoms with E-state index in [1.165, 1.54) is 12.1 Å². The Labute approximate surface area is 124 Å². The topological polar surface area (TPSA) is 105 Å². The third kappa shape index (κ3) is 3.94. The van der Waals surface area contributed by atoms with E-state index in [0.717, 1.165) is 17.6 Å². The number of nitrogens with one attached hydrogen (secondary N) is 1. The molecule has 21 heavy (non-hydrogen) atoms. The Balaban J connectivity index is 2.25. The van der Waals surface area contributed by atoms with Crippen LogP contribution in [0.5, 0.6) is 0 Å². The number of rotatable bonds is 4. The van der Waals surface area contributed by atoms with Gasteiger partial charge >= 0.3 is 0 Å². The highest BCUT2D eigenvalue weighted by Gasteiger charge is 2.17. The summed E-state index contributed by atoms with van der Waals surface area (Å²) in [6.07, 6.45) is 0.213. The molecule has 7 nitrogen and oxygen atoms in total. The van der Waals surface area contributed by atoms with Crippen LogP contribution in [0.4, 0.5) is 9.52 Å². The van der Waals surface area contributed by atoms with Crippen molar-refractivity contribution in [3.8, 4) is 11.8 Å². The molecule has 0 bridgehead atoms. The smallest absolute Gasteiger partial charge is 0.263 e. The molecule has 10 heteroatoms. The molecule has 0 amide bonds. The maximum Gasteiger partial charge on any atom is 0.263 e. The van der Waals surface area contributed by atoms with Crippen molar-refractivity contribution in [3.05, 3.63) is 29.6 Å². The molecule has 0 aliphatic heterocycles. The van der Waals surface area contributed by atoms with Crippen LogP contribution in [0.2, 0.25) is 0 Å². The highest BCUT2D eigenvalue weighted by atomic mass is 32.2. The molecule has 0 unspecified atom stereocenters. The Morgan fingerprint density at radius 1 is 1.43 bits per heavy atom. The molecule has 110 valence electrons. The van der Waals surface area contributed by atoms with Gasteiger partial charge in [-0.2, -0.15) is 0 Å². The number of anilines is 1. The Bertz CT molecular complexity index is 782. The number of benzene rings is 1. The highest BCUT2D eigenvalue weighted by molar-refractivity contribution is 7.93. The lowest BCUT2D eigenvalue weighted by Crippen LogP contribution is -2.13. The molecule has 0 fully saturated rings. The molecule has 0 radical (unpaired) electrons. The lowest BCUT2D eigenvalue weighted by atomic mass is 10.2. The molecule has 0 atom stereocenters. The zero-order valence-corrected chi connectivity index (χ0v) is 12.1. The molecule has 2 N–H and O–H groups in total. The largest absolute Gasteiger partial charge is 0.395 e. The van der Waals surface area contributed by atoms with Gasteiger partial charge in [0.25, 0.3) is 10.0 Å². The van der Waals surface area contributed by atoms with E-state index < -0.39 is 15.8 Å². The Kier molecular flexibility index (Phi) is 4.79. The zero-order chi connectivity index (χ0) is 15.3. The molecule has 0 saturated heterocycles.